The monoisotopic (exact) mass is 231 g/mol. The van der Waals surface area contributed by atoms with Gasteiger partial charge in [0.25, 0.3) is 0 Å². The van der Waals surface area contributed by atoms with E-state index in [0.717, 1.165) is 13.0 Å². The zero-order valence-electron chi connectivity index (χ0n) is 10.5. The first-order valence-electron chi connectivity index (χ1n) is 6.76. The van der Waals surface area contributed by atoms with Crippen molar-refractivity contribution in [2.75, 3.05) is 6.54 Å². The minimum Gasteiger partial charge on any atom is -0.375 e. The van der Waals surface area contributed by atoms with Crippen LogP contribution in [0, 0.1) is 6.92 Å². The van der Waals surface area contributed by atoms with E-state index in [1.807, 2.05) is 0 Å². The molecular formula is C15H21NO. The number of rotatable bonds is 3. The highest BCUT2D eigenvalue weighted by Gasteiger charge is 2.30. The Bertz CT molecular complexity index is 369. The smallest absolute Gasteiger partial charge is 0.0609 e. The second-order valence-corrected chi connectivity index (χ2v) is 5.40. The van der Waals surface area contributed by atoms with Crippen LogP contribution in [0.1, 0.15) is 42.9 Å². The van der Waals surface area contributed by atoms with Gasteiger partial charge in [-0.05, 0) is 44.7 Å². The van der Waals surface area contributed by atoms with E-state index in [1.54, 1.807) is 0 Å². The van der Waals surface area contributed by atoms with E-state index in [0.29, 0.717) is 18.2 Å². The lowest BCUT2D eigenvalue weighted by molar-refractivity contribution is 0.0103. The van der Waals surface area contributed by atoms with E-state index < -0.39 is 0 Å². The Morgan fingerprint density at radius 3 is 2.53 bits per heavy atom. The minimum absolute atomic E-state index is 0.468. The standard InChI is InChI=1S/C15H21NO/c1-11-2-4-12(5-3-11)15-10-14(8-9-16-15)17-13-6-7-13/h2-5,13-16H,6-10H2,1H3/t14-,15-/m0/s1. The van der Waals surface area contributed by atoms with Gasteiger partial charge in [0.1, 0.15) is 0 Å². The molecule has 3 rings (SSSR count). The van der Waals surface area contributed by atoms with E-state index in [2.05, 4.69) is 36.5 Å². The van der Waals surface area contributed by atoms with E-state index in [4.69, 9.17) is 4.74 Å². The molecule has 1 aliphatic carbocycles. The summed E-state index contributed by atoms with van der Waals surface area (Å²) in [6.07, 6.45) is 5.89. The summed E-state index contributed by atoms with van der Waals surface area (Å²) in [5, 5.41) is 3.60. The number of aryl methyl sites for hydroxylation is 1. The Labute approximate surface area is 103 Å². The molecule has 1 saturated heterocycles. The van der Waals surface area contributed by atoms with Crippen molar-refractivity contribution in [3.05, 3.63) is 35.4 Å². The third-order valence-electron chi connectivity index (χ3n) is 3.74. The number of ether oxygens (including phenoxy) is 1. The van der Waals surface area contributed by atoms with Gasteiger partial charge in [-0.25, -0.2) is 0 Å². The molecule has 0 aromatic heterocycles. The van der Waals surface area contributed by atoms with Crippen molar-refractivity contribution in [2.24, 2.45) is 0 Å². The molecule has 2 nitrogen and oxygen atoms in total. The largest absolute Gasteiger partial charge is 0.375 e. The van der Waals surface area contributed by atoms with Crippen LogP contribution in [0.15, 0.2) is 24.3 Å². The zero-order chi connectivity index (χ0) is 11.7. The first-order chi connectivity index (χ1) is 8.31. The van der Waals surface area contributed by atoms with Gasteiger partial charge < -0.3 is 10.1 Å². The summed E-state index contributed by atoms with van der Waals surface area (Å²) in [5.74, 6) is 0. The van der Waals surface area contributed by atoms with E-state index >= 15 is 0 Å². The summed E-state index contributed by atoms with van der Waals surface area (Å²) >= 11 is 0. The molecule has 1 N–H and O–H groups in total. The molecule has 2 fully saturated rings. The van der Waals surface area contributed by atoms with Gasteiger partial charge in [0.2, 0.25) is 0 Å². The summed E-state index contributed by atoms with van der Waals surface area (Å²) in [6.45, 7) is 3.22. The Balaban J connectivity index is 1.63. The molecule has 1 heterocycles. The zero-order valence-corrected chi connectivity index (χ0v) is 10.5. The number of benzene rings is 1. The lowest BCUT2D eigenvalue weighted by Crippen LogP contribution is -2.36. The summed E-state index contributed by atoms with van der Waals surface area (Å²) in [4.78, 5) is 0. The van der Waals surface area contributed by atoms with Crippen molar-refractivity contribution in [3.63, 3.8) is 0 Å². The molecule has 0 radical (unpaired) electrons. The van der Waals surface area contributed by atoms with E-state index in [1.165, 1.54) is 30.4 Å². The Morgan fingerprint density at radius 2 is 1.82 bits per heavy atom. The van der Waals surface area contributed by atoms with Crippen molar-refractivity contribution < 1.29 is 4.74 Å². The van der Waals surface area contributed by atoms with Crippen LogP contribution < -0.4 is 5.32 Å². The number of piperidine rings is 1. The summed E-state index contributed by atoms with van der Waals surface area (Å²) < 4.78 is 6.04. The highest BCUT2D eigenvalue weighted by molar-refractivity contribution is 5.24. The van der Waals surface area contributed by atoms with Crippen molar-refractivity contribution in [2.45, 2.75) is 50.9 Å². The van der Waals surface area contributed by atoms with Gasteiger partial charge in [-0.15, -0.1) is 0 Å². The summed E-state index contributed by atoms with van der Waals surface area (Å²) in [5.41, 5.74) is 2.73. The van der Waals surface area contributed by atoms with Crippen LogP contribution >= 0.6 is 0 Å². The van der Waals surface area contributed by atoms with Gasteiger partial charge >= 0.3 is 0 Å². The maximum Gasteiger partial charge on any atom is 0.0609 e. The molecule has 1 saturated carbocycles. The predicted octanol–water partition coefficient (Wildman–Crippen LogP) is 2.97. The Hall–Kier alpha value is -0.860. The molecule has 1 aromatic rings. The molecule has 1 aromatic carbocycles. The number of nitrogens with one attached hydrogen (secondary N) is 1. The van der Waals surface area contributed by atoms with Gasteiger partial charge in [-0.2, -0.15) is 0 Å². The molecule has 17 heavy (non-hydrogen) atoms. The quantitative estimate of drug-likeness (QED) is 0.863. The first kappa shape index (κ1) is 11.2. The molecular weight excluding hydrogens is 210 g/mol. The lowest BCUT2D eigenvalue weighted by Gasteiger charge is -2.30. The highest BCUT2D eigenvalue weighted by Crippen LogP contribution is 2.31. The summed E-state index contributed by atoms with van der Waals surface area (Å²) in [7, 11) is 0. The maximum absolute atomic E-state index is 6.04. The fourth-order valence-electron chi connectivity index (χ4n) is 2.54. The van der Waals surface area contributed by atoms with Crippen LogP contribution in [-0.2, 0) is 4.74 Å². The van der Waals surface area contributed by atoms with Crippen LogP contribution in [0.25, 0.3) is 0 Å². The molecule has 92 valence electrons. The molecule has 2 atom stereocenters. The fourth-order valence-corrected chi connectivity index (χ4v) is 2.54. The van der Waals surface area contributed by atoms with Gasteiger partial charge in [0.05, 0.1) is 12.2 Å². The molecule has 2 aliphatic rings. The highest BCUT2D eigenvalue weighted by atomic mass is 16.5. The molecule has 0 spiro atoms. The third-order valence-corrected chi connectivity index (χ3v) is 3.74. The minimum atomic E-state index is 0.468. The maximum atomic E-state index is 6.04. The van der Waals surface area contributed by atoms with Crippen LogP contribution in [0.2, 0.25) is 0 Å². The molecule has 0 amide bonds. The normalized spacial score (nSPS) is 29.2. The van der Waals surface area contributed by atoms with Crippen LogP contribution in [-0.4, -0.2) is 18.8 Å². The fraction of sp³-hybridized carbons (Fsp3) is 0.600. The first-order valence-corrected chi connectivity index (χ1v) is 6.76. The lowest BCUT2D eigenvalue weighted by atomic mass is 9.95. The van der Waals surface area contributed by atoms with E-state index in [-0.39, 0.29) is 0 Å². The second-order valence-electron chi connectivity index (χ2n) is 5.40. The van der Waals surface area contributed by atoms with E-state index in [9.17, 15) is 0 Å². The Morgan fingerprint density at radius 1 is 1.06 bits per heavy atom. The number of hydrogen-bond donors (Lipinski definition) is 1. The van der Waals surface area contributed by atoms with Crippen molar-refractivity contribution in [1.82, 2.24) is 5.32 Å². The molecule has 2 heteroatoms. The molecule has 0 unspecified atom stereocenters. The van der Waals surface area contributed by atoms with Crippen LogP contribution in [0.3, 0.4) is 0 Å². The van der Waals surface area contributed by atoms with Crippen LogP contribution in [0.4, 0.5) is 0 Å². The van der Waals surface area contributed by atoms with Crippen molar-refractivity contribution in [3.8, 4) is 0 Å². The summed E-state index contributed by atoms with van der Waals surface area (Å²) in [6, 6.07) is 9.36. The topological polar surface area (TPSA) is 21.3 Å². The average Bonchev–Trinajstić information content (AvgIpc) is 3.14. The van der Waals surface area contributed by atoms with Crippen LogP contribution in [0.5, 0.6) is 0 Å². The Kier molecular flexibility index (Phi) is 3.17. The third kappa shape index (κ3) is 2.88. The molecule has 0 bridgehead atoms. The predicted molar refractivity (Wildman–Crippen MR) is 69.1 cm³/mol. The SMILES string of the molecule is Cc1ccc([C@@H]2C[C@@H](OC3CC3)CCN2)cc1. The molecule has 1 aliphatic heterocycles. The van der Waals surface area contributed by atoms with Gasteiger partial charge in [0, 0.05) is 6.04 Å². The number of hydrogen-bond acceptors (Lipinski definition) is 2. The van der Waals surface area contributed by atoms with Gasteiger partial charge in [-0.1, -0.05) is 29.8 Å². The second kappa shape index (κ2) is 4.79. The van der Waals surface area contributed by atoms with Crippen molar-refractivity contribution in [1.29, 1.82) is 0 Å². The van der Waals surface area contributed by atoms with Gasteiger partial charge in [-0.3, -0.25) is 0 Å². The van der Waals surface area contributed by atoms with Gasteiger partial charge in [0.15, 0.2) is 0 Å². The van der Waals surface area contributed by atoms with Crippen molar-refractivity contribution >= 4 is 0 Å². The average molecular weight is 231 g/mol.